The van der Waals surface area contributed by atoms with Crippen LogP contribution in [0.3, 0.4) is 0 Å². The molecule has 1 fully saturated rings. The van der Waals surface area contributed by atoms with Crippen molar-refractivity contribution in [3.63, 3.8) is 0 Å². The van der Waals surface area contributed by atoms with Crippen molar-refractivity contribution in [1.29, 1.82) is 0 Å². The maximum atomic E-state index is 12.5. The molecule has 4 atom stereocenters. The lowest BCUT2D eigenvalue weighted by Gasteiger charge is -2.48. The second-order valence-electron chi connectivity index (χ2n) is 7.32. The summed E-state index contributed by atoms with van der Waals surface area (Å²) in [6.07, 6.45) is 7.09. The van der Waals surface area contributed by atoms with Crippen LogP contribution in [0.1, 0.15) is 55.6 Å². The minimum atomic E-state index is -0.114. The summed E-state index contributed by atoms with van der Waals surface area (Å²) in [7, 11) is 0. The van der Waals surface area contributed by atoms with Gasteiger partial charge in [-0.2, -0.15) is 0 Å². The van der Waals surface area contributed by atoms with Crippen molar-refractivity contribution in [3.05, 3.63) is 58.2 Å². The molecule has 1 aromatic carbocycles. The zero-order valence-electron chi connectivity index (χ0n) is 13.5. The molecule has 1 aromatic rings. The highest BCUT2D eigenvalue weighted by Gasteiger charge is 2.54. The van der Waals surface area contributed by atoms with E-state index in [1.165, 1.54) is 41.5 Å². The Labute approximate surface area is 137 Å². The van der Waals surface area contributed by atoms with Gasteiger partial charge >= 0.3 is 5.97 Å². The molecule has 0 N–H and O–H groups in total. The van der Waals surface area contributed by atoms with E-state index in [1.807, 2.05) is 6.92 Å². The molecule has 2 nitrogen and oxygen atoms in total. The number of hydrogen-bond acceptors (Lipinski definition) is 2. The largest absolute Gasteiger partial charge is 0.462 e. The van der Waals surface area contributed by atoms with E-state index in [0.29, 0.717) is 18.4 Å². The van der Waals surface area contributed by atoms with Crippen molar-refractivity contribution in [2.24, 2.45) is 11.8 Å². The standard InChI is InChI=1S/C21H22O2/c1-2-23-21(22)17-11-10-16-18-12-6-3-4-7-14(12)19(20(16)17)15-9-5-8-13(15)18/h3-4,6-7,11,13,15,18-19H,2,5,8-10H2,1H3. The van der Waals surface area contributed by atoms with Crippen LogP contribution in [0.2, 0.25) is 0 Å². The van der Waals surface area contributed by atoms with Gasteiger partial charge in [-0.1, -0.05) is 42.3 Å². The average molecular weight is 306 g/mol. The molecule has 0 saturated heterocycles. The molecule has 1 saturated carbocycles. The minimum Gasteiger partial charge on any atom is -0.462 e. The first-order valence-electron chi connectivity index (χ1n) is 9.00. The van der Waals surface area contributed by atoms with Gasteiger partial charge in [0.15, 0.2) is 0 Å². The Balaban J connectivity index is 1.67. The van der Waals surface area contributed by atoms with Gasteiger partial charge in [-0.15, -0.1) is 0 Å². The molecule has 2 heteroatoms. The van der Waals surface area contributed by atoms with E-state index in [0.717, 1.165) is 23.8 Å². The van der Waals surface area contributed by atoms with Crippen molar-refractivity contribution in [1.82, 2.24) is 0 Å². The van der Waals surface area contributed by atoms with Crippen LogP contribution >= 0.6 is 0 Å². The lowest BCUT2D eigenvalue weighted by atomic mass is 9.55. The number of carbonyl (C=O) groups is 1. The molecule has 4 unspecified atom stereocenters. The summed E-state index contributed by atoms with van der Waals surface area (Å²) < 4.78 is 5.34. The fraction of sp³-hybridized carbons (Fsp3) is 0.476. The first-order valence-corrected chi connectivity index (χ1v) is 9.00. The summed E-state index contributed by atoms with van der Waals surface area (Å²) in [6, 6.07) is 8.96. The zero-order chi connectivity index (χ0) is 15.6. The number of rotatable bonds is 2. The van der Waals surface area contributed by atoms with Gasteiger partial charge < -0.3 is 4.74 Å². The average Bonchev–Trinajstić information content (AvgIpc) is 3.22. The zero-order valence-corrected chi connectivity index (χ0v) is 13.5. The second-order valence-corrected chi connectivity index (χ2v) is 7.32. The van der Waals surface area contributed by atoms with Crippen molar-refractivity contribution in [3.8, 4) is 0 Å². The lowest BCUT2D eigenvalue weighted by Crippen LogP contribution is -2.37. The van der Waals surface area contributed by atoms with Crippen molar-refractivity contribution < 1.29 is 9.53 Å². The van der Waals surface area contributed by atoms with Crippen molar-refractivity contribution >= 4 is 5.97 Å². The van der Waals surface area contributed by atoms with Gasteiger partial charge in [-0.25, -0.2) is 4.79 Å². The molecule has 0 radical (unpaired) electrons. The first kappa shape index (κ1) is 13.6. The van der Waals surface area contributed by atoms with Crippen LogP contribution in [-0.2, 0) is 9.53 Å². The monoisotopic (exact) mass is 306 g/mol. The predicted octanol–water partition coefficient (Wildman–Crippen LogP) is 4.49. The summed E-state index contributed by atoms with van der Waals surface area (Å²) in [6.45, 7) is 2.34. The Morgan fingerprint density at radius 2 is 1.83 bits per heavy atom. The van der Waals surface area contributed by atoms with E-state index in [4.69, 9.17) is 4.74 Å². The number of ether oxygens (including phenoxy) is 1. The van der Waals surface area contributed by atoms with Gasteiger partial charge in [0.05, 0.1) is 12.2 Å². The SMILES string of the molecule is CCOC(=O)C1=CCC2=C1C1c3ccccc3C2C2CCCC12. The van der Waals surface area contributed by atoms with Crippen LogP contribution in [-0.4, -0.2) is 12.6 Å². The Hall–Kier alpha value is -1.83. The highest BCUT2D eigenvalue weighted by atomic mass is 16.5. The molecular weight excluding hydrogens is 284 g/mol. The Bertz CT molecular complexity index is 755. The van der Waals surface area contributed by atoms with Crippen LogP contribution in [0.5, 0.6) is 0 Å². The molecule has 5 aliphatic rings. The molecule has 0 aromatic heterocycles. The molecule has 0 amide bonds. The van der Waals surface area contributed by atoms with E-state index in [-0.39, 0.29) is 5.97 Å². The van der Waals surface area contributed by atoms with Crippen LogP contribution in [0, 0.1) is 11.8 Å². The van der Waals surface area contributed by atoms with Gasteiger partial charge in [0.25, 0.3) is 0 Å². The molecule has 0 aliphatic heterocycles. The Morgan fingerprint density at radius 1 is 1.13 bits per heavy atom. The van der Waals surface area contributed by atoms with E-state index in [2.05, 4.69) is 30.3 Å². The second kappa shape index (κ2) is 4.83. The van der Waals surface area contributed by atoms with E-state index >= 15 is 0 Å². The Kier molecular flexibility index (Phi) is 2.86. The number of carbonyl (C=O) groups excluding carboxylic acids is 1. The van der Waals surface area contributed by atoms with E-state index in [9.17, 15) is 4.79 Å². The third-order valence-electron chi connectivity index (χ3n) is 6.49. The van der Waals surface area contributed by atoms with Crippen LogP contribution in [0.25, 0.3) is 0 Å². The highest BCUT2D eigenvalue weighted by molar-refractivity contribution is 5.96. The lowest BCUT2D eigenvalue weighted by molar-refractivity contribution is -0.138. The highest BCUT2D eigenvalue weighted by Crippen LogP contribution is 2.65. The van der Waals surface area contributed by atoms with Gasteiger partial charge in [-0.3, -0.25) is 0 Å². The van der Waals surface area contributed by atoms with Crippen LogP contribution in [0.15, 0.2) is 47.1 Å². The fourth-order valence-corrected chi connectivity index (χ4v) is 5.87. The minimum absolute atomic E-state index is 0.114. The number of allylic oxidation sites excluding steroid dienone is 2. The molecule has 5 aliphatic carbocycles. The van der Waals surface area contributed by atoms with Crippen molar-refractivity contribution in [2.45, 2.75) is 44.4 Å². The van der Waals surface area contributed by atoms with Gasteiger partial charge in [0.2, 0.25) is 0 Å². The summed E-state index contributed by atoms with van der Waals surface area (Å²) >= 11 is 0. The van der Waals surface area contributed by atoms with Gasteiger partial charge in [0.1, 0.15) is 0 Å². The molecule has 23 heavy (non-hydrogen) atoms. The van der Waals surface area contributed by atoms with Crippen LogP contribution < -0.4 is 0 Å². The maximum Gasteiger partial charge on any atom is 0.338 e. The topological polar surface area (TPSA) is 26.3 Å². The summed E-state index contributed by atoms with van der Waals surface area (Å²) in [5.41, 5.74) is 6.77. The maximum absolute atomic E-state index is 12.5. The van der Waals surface area contributed by atoms with E-state index in [1.54, 1.807) is 0 Å². The van der Waals surface area contributed by atoms with E-state index < -0.39 is 0 Å². The number of benzene rings is 1. The Morgan fingerprint density at radius 3 is 2.57 bits per heavy atom. The summed E-state index contributed by atoms with van der Waals surface area (Å²) in [5.74, 6) is 2.38. The summed E-state index contributed by atoms with van der Waals surface area (Å²) in [5, 5.41) is 0. The smallest absolute Gasteiger partial charge is 0.338 e. The normalized spacial score (nSPS) is 33.2. The molecule has 118 valence electrons. The quantitative estimate of drug-likeness (QED) is 0.753. The molecule has 0 heterocycles. The predicted molar refractivity (Wildman–Crippen MR) is 89.1 cm³/mol. The first-order chi connectivity index (χ1) is 11.3. The van der Waals surface area contributed by atoms with Crippen LogP contribution in [0.4, 0.5) is 0 Å². The van der Waals surface area contributed by atoms with Gasteiger partial charge in [-0.05, 0) is 54.7 Å². The molecule has 0 spiro atoms. The molecule has 2 bridgehead atoms. The fourth-order valence-electron chi connectivity index (χ4n) is 5.87. The molecule has 6 rings (SSSR count). The van der Waals surface area contributed by atoms with Gasteiger partial charge in [0, 0.05) is 11.8 Å². The summed E-state index contributed by atoms with van der Waals surface area (Å²) in [4.78, 5) is 12.5. The number of hydrogen-bond donors (Lipinski definition) is 0. The third-order valence-corrected chi connectivity index (χ3v) is 6.49. The third kappa shape index (κ3) is 1.67. The number of esters is 1. The molecular formula is C21H22O2. The van der Waals surface area contributed by atoms with Crippen molar-refractivity contribution in [2.75, 3.05) is 6.61 Å².